The van der Waals surface area contributed by atoms with E-state index in [2.05, 4.69) is 5.32 Å². The van der Waals surface area contributed by atoms with Crippen LogP contribution in [0.25, 0.3) is 0 Å². The van der Waals surface area contributed by atoms with Crippen molar-refractivity contribution < 1.29 is 22.7 Å². The number of primary sulfonamides is 1. The minimum absolute atomic E-state index is 0.0575. The zero-order valence-electron chi connectivity index (χ0n) is 14.3. The number of nitrogens with one attached hydrogen (secondary N) is 1. The number of carbonyl (C=O) groups is 1. The van der Waals surface area contributed by atoms with Gasteiger partial charge in [0.1, 0.15) is 0 Å². The quantitative estimate of drug-likeness (QED) is 0.800. The summed E-state index contributed by atoms with van der Waals surface area (Å²) < 4.78 is 33.1. The average molecular weight is 376 g/mol. The highest BCUT2D eigenvalue weighted by atomic mass is 32.2. The Kier molecular flexibility index (Phi) is 5.15. The van der Waals surface area contributed by atoms with Crippen LogP contribution >= 0.6 is 0 Å². The van der Waals surface area contributed by atoms with Crippen LogP contribution in [0.4, 0.5) is 0 Å². The number of amides is 1. The molecule has 3 N–H and O–H groups in total. The van der Waals surface area contributed by atoms with E-state index in [1.807, 2.05) is 25.1 Å². The molecule has 1 heterocycles. The monoisotopic (exact) mass is 376 g/mol. The first-order valence-electron chi connectivity index (χ1n) is 8.13. The van der Waals surface area contributed by atoms with Gasteiger partial charge < -0.3 is 14.8 Å². The van der Waals surface area contributed by atoms with Crippen LogP contribution in [-0.2, 0) is 21.2 Å². The maximum atomic E-state index is 12.2. The Bertz CT molecular complexity index is 910. The molecule has 3 rings (SSSR count). The summed E-state index contributed by atoms with van der Waals surface area (Å²) in [5.74, 6) is 1.29. The molecule has 0 saturated heterocycles. The fraction of sp³-hybridized carbons (Fsp3) is 0.278. The minimum Gasteiger partial charge on any atom is -0.454 e. The number of benzene rings is 2. The molecule has 7 nitrogen and oxygen atoms in total. The fourth-order valence-corrected chi connectivity index (χ4v) is 3.20. The number of sulfonamides is 1. The molecule has 1 aliphatic heterocycles. The van der Waals surface area contributed by atoms with Crippen molar-refractivity contribution in [1.29, 1.82) is 0 Å². The van der Waals surface area contributed by atoms with Crippen LogP contribution in [0.1, 0.15) is 30.5 Å². The van der Waals surface area contributed by atoms with Crippen molar-refractivity contribution in [3.8, 4) is 11.5 Å². The number of ether oxygens (including phenoxy) is 2. The zero-order chi connectivity index (χ0) is 18.7. The van der Waals surface area contributed by atoms with Gasteiger partial charge in [0.05, 0.1) is 10.9 Å². The van der Waals surface area contributed by atoms with Gasteiger partial charge in [-0.15, -0.1) is 0 Å². The van der Waals surface area contributed by atoms with E-state index in [0.29, 0.717) is 24.3 Å². The van der Waals surface area contributed by atoms with Crippen LogP contribution in [0.5, 0.6) is 11.5 Å². The highest BCUT2D eigenvalue weighted by Gasteiger charge is 2.17. The highest BCUT2D eigenvalue weighted by Crippen LogP contribution is 2.34. The lowest BCUT2D eigenvalue weighted by molar-refractivity contribution is -0.121. The molecular weight excluding hydrogens is 356 g/mol. The Hall–Kier alpha value is -2.58. The number of nitrogens with two attached hydrogens (primary N) is 1. The van der Waals surface area contributed by atoms with E-state index in [0.717, 1.165) is 11.1 Å². The van der Waals surface area contributed by atoms with E-state index < -0.39 is 10.0 Å². The molecule has 0 bridgehead atoms. The van der Waals surface area contributed by atoms with Crippen LogP contribution in [0.2, 0.25) is 0 Å². The molecule has 1 amide bonds. The predicted molar refractivity (Wildman–Crippen MR) is 95.3 cm³/mol. The number of aryl methyl sites for hydroxylation is 1. The van der Waals surface area contributed by atoms with Gasteiger partial charge in [-0.2, -0.15) is 0 Å². The normalized spacial score (nSPS) is 14.1. The summed E-state index contributed by atoms with van der Waals surface area (Å²) in [7, 11) is -3.70. The van der Waals surface area contributed by atoms with E-state index in [4.69, 9.17) is 14.6 Å². The molecule has 0 unspecified atom stereocenters. The molecule has 8 heteroatoms. The Balaban J connectivity index is 1.54. The number of carbonyl (C=O) groups excluding carboxylic acids is 1. The smallest absolute Gasteiger partial charge is 0.238 e. The number of hydrogen-bond donors (Lipinski definition) is 2. The lowest BCUT2D eigenvalue weighted by Crippen LogP contribution is -2.26. The van der Waals surface area contributed by atoms with Gasteiger partial charge in [0.25, 0.3) is 0 Å². The first-order chi connectivity index (χ1) is 12.3. The lowest BCUT2D eigenvalue weighted by Gasteiger charge is -2.15. The third-order valence-electron chi connectivity index (χ3n) is 4.17. The Morgan fingerprint density at radius 3 is 2.54 bits per heavy atom. The second kappa shape index (κ2) is 7.35. The van der Waals surface area contributed by atoms with E-state index in [-0.39, 0.29) is 23.6 Å². The summed E-state index contributed by atoms with van der Waals surface area (Å²) >= 11 is 0. The molecule has 0 spiro atoms. The third-order valence-corrected chi connectivity index (χ3v) is 5.10. The summed E-state index contributed by atoms with van der Waals surface area (Å²) in [6.07, 6.45) is 0.800. The van der Waals surface area contributed by atoms with E-state index in [1.165, 1.54) is 12.1 Å². The van der Waals surface area contributed by atoms with Crippen LogP contribution in [0.3, 0.4) is 0 Å². The molecule has 0 saturated carbocycles. The maximum absolute atomic E-state index is 12.2. The molecule has 2 aromatic rings. The van der Waals surface area contributed by atoms with Crippen LogP contribution in [0, 0.1) is 0 Å². The summed E-state index contributed by atoms with van der Waals surface area (Å²) in [6.45, 7) is 2.11. The second-order valence-electron chi connectivity index (χ2n) is 6.09. The van der Waals surface area contributed by atoms with Crippen LogP contribution in [0.15, 0.2) is 47.4 Å². The molecule has 2 aromatic carbocycles. The number of rotatable bonds is 6. The van der Waals surface area contributed by atoms with Gasteiger partial charge in [-0.3, -0.25) is 4.79 Å². The van der Waals surface area contributed by atoms with Crippen molar-refractivity contribution in [2.75, 3.05) is 6.79 Å². The average Bonchev–Trinajstić information content (AvgIpc) is 3.07. The fourth-order valence-electron chi connectivity index (χ4n) is 2.68. The van der Waals surface area contributed by atoms with Crippen molar-refractivity contribution in [2.24, 2.45) is 5.14 Å². The van der Waals surface area contributed by atoms with Gasteiger partial charge in [-0.05, 0) is 48.7 Å². The highest BCUT2D eigenvalue weighted by molar-refractivity contribution is 7.89. The SMILES string of the molecule is C[C@H](NC(=O)CCc1ccc(S(N)(=O)=O)cc1)c1ccc2c(c1)OCO2. The molecule has 138 valence electrons. The number of hydrogen-bond acceptors (Lipinski definition) is 5. The van der Waals surface area contributed by atoms with Crippen molar-refractivity contribution in [1.82, 2.24) is 5.32 Å². The standard InChI is InChI=1S/C18H20N2O5S/c1-12(14-5-8-16-17(10-14)25-11-24-16)20-18(21)9-4-13-2-6-15(7-3-13)26(19,22)23/h2-3,5-8,10,12H,4,9,11H2,1H3,(H,20,21)(H2,19,22,23)/t12-/m0/s1. The molecule has 0 aliphatic carbocycles. The van der Waals surface area contributed by atoms with Gasteiger partial charge in [0.15, 0.2) is 11.5 Å². The molecule has 1 aliphatic rings. The molecule has 1 atom stereocenters. The summed E-state index contributed by atoms with van der Waals surface area (Å²) in [4.78, 5) is 12.2. The van der Waals surface area contributed by atoms with Crippen LogP contribution in [-0.4, -0.2) is 21.1 Å². The van der Waals surface area contributed by atoms with E-state index >= 15 is 0 Å². The van der Waals surface area contributed by atoms with E-state index in [9.17, 15) is 13.2 Å². The largest absolute Gasteiger partial charge is 0.454 e. The predicted octanol–water partition coefficient (Wildman–Crippen LogP) is 1.87. The molecular formula is C18H20N2O5S. The summed E-state index contributed by atoms with van der Waals surface area (Å²) in [6, 6.07) is 11.6. The number of fused-ring (bicyclic) bond motifs is 1. The first-order valence-corrected chi connectivity index (χ1v) is 9.68. The maximum Gasteiger partial charge on any atom is 0.238 e. The molecule has 0 radical (unpaired) electrons. The van der Waals surface area contributed by atoms with E-state index in [1.54, 1.807) is 12.1 Å². The van der Waals surface area contributed by atoms with Gasteiger partial charge in [0, 0.05) is 6.42 Å². The Morgan fingerprint density at radius 2 is 1.85 bits per heavy atom. The summed E-state index contributed by atoms with van der Waals surface area (Å²) in [5.41, 5.74) is 1.79. The minimum atomic E-state index is -3.70. The Labute approximate surface area is 152 Å². The lowest BCUT2D eigenvalue weighted by atomic mass is 10.1. The molecule has 0 aromatic heterocycles. The van der Waals surface area contributed by atoms with Gasteiger partial charge in [-0.1, -0.05) is 18.2 Å². The Morgan fingerprint density at radius 1 is 1.15 bits per heavy atom. The summed E-state index contributed by atoms with van der Waals surface area (Å²) in [5, 5.41) is 8.01. The van der Waals surface area contributed by atoms with Gasteiger partial charge >= 0.3 is 0 Å². The van der Waals surface area contributed by atoms with Crippen molar-refractivity contribution >= 4 is 15.9 Å². The third kappa shape index (κ3) is 4.33. The zero-order valence-corrected chi connectivity index (χ0v) is 15.1. The second-order valence-corrected chi connectivity index (χ2v) is 7.65. The van der Waals surface area contributed by atoms with Crippen molar-refractivity contribution in [3.05, 3.63) is 53.6 Å². The first kappa shape index (κ1) is 18.2. The topological polar surface area (TPSA) is 108 Å². The van der Waals surface area contributed by atoms with Crippen molar-refractivity contribution in [2.45, 2.75) is 30.7 Å². The van der Waals surface area contributed by atoms with Gasteiger partial charge in [0.2, 0.25) is 22.7 Å². The molecule has 26 heavy (non-hydrogen) atoms. The van der Waals surface area contributed by atoms with Gasteiger partial charge in [-0.25, -0.2) is 13.6 Å². The molecule has 0 fully saturated rings. The van der Waals surface area contributed by atoms with Crippen LogP contribution < -0.4 is 19.9 Å². The van der Waals surface area contributed by atoms with Crippen molar-refractivity contribution in [3.63, 3.8) is 0 Å².